The highest BCUT2D eigenvalue weighted by Crippen LogP contribution is 2.25. The van der Waals surface area contributed by atoms with Crippen LogP contribution in [0.1, 0.15) is 18.2 Å². The minimum Gasteiger partial charge on any atom is -0.298 e. The predicted octanol–water partition coefficient (Wildman–Crippen LogP) is 2.61. The number of nitrogens with one attached hydrogen (secondary N) is 1. The van der Waals surface area contributed by atoms with Gasteiger partial charge in [-0.05, 0) is 26.0 Å². The molecule has 1 aliphatic heterocycles. The first-order chi connectivity index (χ1) is 11.0. The lowest BCUT2D eigenvalue weighted by Gasteiger charge is -2.20. The minimum atomic E-state index is -0.448. The summed E-state index contributed by atoms with van der Waals surface area (Å²) in [7, 11) is 0. The lowest BCUT2D eigenvalue weighted by atomic mass is 10.1. The summed E-state index contributed by atoms with van der Waals surface area (Å²) in [5, 5.41) is 9.24. The van der Waals surface area contributed by atoms with E-state index >= 15 is 0 Å². The molecule has 0 fully saturated rings. The molecular formula is C16H16N4O2S. The second-order valence-electron chi connectivity index (χ2n) is 5.29. The molecule has 3 rings (SSSR count). The van der Waals surface area contributed by atoms with Gasteiger partial charge in [-0.15, -0.1) is 11.3 Å². The Kier molecular flexibility index (Phi) is 4.20. The van der Waals surface area contributed by atoms with Crippen molar-refractivity contribution >= 4 is 39.6 Å². The lowest BCUT2D eigenvalue weighted by Crippen LogP contribution is -2.33. The van der Waals surface area contributed by atoms with Crippen LogP contribution in [0.5, 0.6) is 0 Å². The van der Waals surface area contributed by atoms with Crippen LogP contribution in [-0.4, -0.2) is 28.4 Å². The molecule has 2 heterocycles. The molecule has 0 aliphatic carbocycles. The van der Waals surface area contributed by atoms with Crippen molar-refractivity contribution in [2.24, 2.45) is 5.10 Å². The molecule has 23 heavy (non-hydrogen) atoms. The summed E-state index contributed by atoms with van der Waals surface area (Å²) in [6.45, 7) is 3.44. The van der Waals surface area contributed by atoms with E-state index in [1.807, 2.05) is 37.3 Å². The molecule has 118 valence electrons. The fourth-order valence-corrected chi connectivity index (χ4v) is 3.02. The number of nitrogens with zero attached hydrogens (tertiary/aromatic N) is 3. The molecule has 6 nitrogen and oxygen atoms in total. The third-order valence-corrected chi connectivity index (χ3v) is 4.33. The Hall–Kier alpha value is -2.54. The van der Waals surface area contributed by atoms with Gasteiger partial charge in [0.2, 0.25) is 0 Å². The second-order valence-corrected chi connectivity index (χ2v) is 6.52. The van der Waals surface area contributed by atoms with E-state index in [4.69, 9.17) is 0 Å². The van der Waals surface area contributed by atoms with Crippen LogP contribution in [0.15, 0.2) is 41.6 Å². The lowest BCUT2D eigenvalue weighted by molar-refractivity contribution is -0.118. The van der Waals surface area contributed by atoms with Crippen LogP contribution in [0.25, 0.3) is 0 Å². The Balaban J connectivity index is 1.82. The van der Waals surface area contributed by atoms with Gasteiger partial charge in [0.05, 0.1) is 5.69 Å². The molecule has 0 unspecified atom stereocenters. The van der Waals surface area contributed by atoms with Crippen molar-refractivity contribution in [1.82, 2.24) is 4.98 Å². The average molecular weight is 328 g/mol. The maximum absolute atomic E-state index is 12.4. The van der Waals surface area contributed by atoms with E-state index in [1.165, 1.54) is 18.3 Å². The highest BCUT2D eigenvalue weighted by atomic mass is 32.1. The van der Waals surface area contributed by atoms with Gasteiger partial charge in [0.25, 0.3) is 5.91 Å². The third kappa shape index (κ3) is 3.29. The van der Waals surface area contributed by atoms with Crippen LogP contribution >= 0.6 is 11.3 Å². The molecule has 2 aromatic rings. The summed E-state index contributed by atoms with van der Waals surface area (Å²) < 4.78 is 0. The first-order valence-corrected chi connectivity index (χ1v) is 8.02. The molecule has 1 atom stereocenters. The quantitative estimate of drug-likeness (QED) is 0.936. The highest BCUT2D eigenvalue weighted by molar-refractivity contribution is 7.15. The van der Waals surface area contributed by atoms with Gasteiger partial charge in [0, 0.05) is 17.5 Å². The first kappa shape index (κ1) is 15.4. The van der Waals surface area contributed by atoms with Crippen molar-refractivity contribution in [3.63, 3.8) is 0 Å². The molecule has 1 aromatic heterocycles. The van der Waals surface area contributed by atoms with E-state index in [2.05, 4.69) is 15.4 Å². The number of ketones is 1. The number of anilines is 2. The Labute approximate surface area is 137 Å². The summed E-state index contributed by atoms with van der Waals surface area (Å²) in [6, 6.07) is 8.92. The summed E-state index contributed by atoms with van der Waals surface area (Å²) in [6.07, 6.45) is 1.99. The van der Waals surface area contributed by atoms with Gasteiger partial charge < -0.3 is 0 Å². The number of rotatable bonds is 4. The van der Waals surface area contributed by atoms with Crippen LogP contribution in [0.2, 0.25) is 0 Å². The molecule has 0 saturated carbocycles. The van der Waals surface area contributed by atoms with Crippen molar-refractivity contribution < 1.29 is 9.59 Å². The van der Waals surface area contributed by atoms with Gasteiger partial charge in [-0.1, -0.05) is 18.2 Å². The van der Waals surface area contributed by atoms with E-state index in [0.717, 1.165) is 10.6 Å². The van der Waals surface area contributed by atoms with E-state index in [9.17, 15) is 9.59 Å². The summed E-state index contributed by atoms with van der Waals surface area (Å²) in [5.74, 6) is -0.338. The van der Waals surface area contributed by atoms with Gasteiger partial charge in [0.1, 0.15) is 11.8 Å². The number of Topliss-reactive ketones (excluding diaryl/α,β-unsaturated/α-hetero) is 1. The van der Waals surface area contributed by atoms with Crippen LogP contribution < -0.4 is 10.3 Å². The molecule has 0 radical (unpaired) electrons. The van der Waals surface area contributed by atoms with Crippen LogP contribution in [0.3, 0.4) is 0 Å². The fourth-order valence-electron chi connectivity index (χ4n) is 2.36. The van der Waals surface area contributed by atoms with Gasteiger partial charge >= 0.3 is 0 Å². The molecule has 0 saturated heterocycles. The Bertz CT molecular complexity index is 769. The topological polar surface area (TPSA) is 74.7 Å². The number of hydrogen-bond donors (Lipinski definition) is 1. The molecule has 1 aliphatic rings. The summed E-state index contributed by atoms with van der Waals surface area (Å²) >= 11 is 1.40. The number of aryl methyl sites for hydroxylation is 1. The van der Waals surface area contributed by atoms with E-state index in [1.54, 1.807) is 11.2 Å². The Morgan fingerprint density at radius 1 is 1.30 bits per heavy atom. The molecule has 7 heteroatoms. The molecular weight excluding hydrogens is 312 g/mol. The monoisotopic (exact) mass is 328 g/mol. The van der Waals surface area contributed by atoms with Crippen molar-refractivity contribution in [3.05, 3.63) is 41.4 Å². The number of benzene rings is 1. The van der Waals surface area contributed by atoms with Gasteiger partial charge in [-0.25, -0.2) is 4.98 Å². The van der Waals surface area contributed by atoms with Crippen molar-refractivity contribution in [1.29, 1.82) is 0 Å². The number of hydrazone groups is 1. The minimum absolute atomic E-state index is 0.0227. The largest absolute Gasteiger partial charge is 0.298 e. The first-order valence-electron chi connectivity index (χ1n) is 7.20. The predicted molar refractivity (Wildman–Crippen MR) is 90.9 cm³/mol. The van der Waals surface area contributed by atoms with Gasteiger partial charge in [-0.3, -0.25) is 19.9 Å². The molecule has 1 aromatic carbocycles. The standard InChI is InChI=1S/C16H16N4O2S/c1-10-9-17-16(23-10)18-15(22)13-8-14(11(2)21)20(19-13)12-6-4-3-5-7-12/h3-7,9,14H,8H2,1-2H3,(H,17,18,22)/t14-/m1/s1. The normalized spacial score (nSPS) is 17.0. The fraction of sp³-hybridized carbons (Fsp3) is 0.250. The SMILES string of the molecule is CC(=O)[C@H]1CC(C(=O)Nc2ncc(C)s2)=NN1c1ccccc1. The summed E-state index contributed by atoms with van der Waals surface area (Å²) in [5.41, 5.74) is 1.13. The van der Waals surface area contributed by atoms with E-state index in [-0.39, 0.29) is 11.7 Å². The number of carbonyl (C=O) groups is 2. The Morgan fingerprint density at radius 2 is 2.04 bits per heavy atom. The van der Waals surface area contributed by atoms with Crippen LogP contribution in [0.4, 0.5) is 10.8 Å². The molecule has 0 spiro atoms. The number of aromatic nitrogens is 1. The smallest absolute Gasteiger partial charge is 0.273 e. The molecule has 0 bridgehead atoms. The maximum Gasteiger partial charge on any atom is 0.273 e. The van der Waals surface area contributed by atoms with Crippen LogP contribution in [0, 0.1) is 6.92 Å². The molecule has 1 amide bonds. The van der Waals surface area contributed by atoms with E-state index in [0.29, 0.717) is 17.3 Å². The number of para-hydroxylation sites is 1. The second kappa shape index (κ2) is 6.29. The third-order valence-electron chi connectivity index (χ3n) is 3.50. The zero-order valence-corrected chi connectivity index (χ0v) is 13.6. The molecule has 1 N–H and O–H groups in total. The summed E-state index contributed by atoms with van der Waals surface area (Å²) in [4.78, 5) is 29.4. The van der Waals surface area contributed by atoms with Crippen molar-refractivity contribution in [2.75, 3.05) is 10.3 Å². The number of thiazole rings is 1. The zero-order valence-electron chi connectivity index (χ0n) is 12.8. The number of hydrogen-bond acceptors (Lipinski definition) is 6. The Morgan fingerprint density at radius 3 is 2.65 bits per heavy atom. The zero-order chi connectivity index (χ0) is 16.4. The van der Waals surface area contributed by atoms with Gasteiger partial charge in [0.15, 0.2) is 10.9 Å². The van der Waals surface area contributed by atoms with Gasteiger partial charge in [-0.2, -0.15) is 5.10 Å². The van der Waals surface area contributed by atoms with Crippen molar-refractivity contribution in [3.8, 4) is 0 Å². The highest BCUT2D eigenvalue weighted by Gasteiger charge is 2.34. The number of carbonyl (C=O) groups excluding carboxylic acids is 2. The van der Waals surface area contributed by atoms with Crippen LogP contribution in [-0.2, 0) is 9.59 Å². The average Bonchev–Trinajstić information content (AvgIpc) is 3.15. The van der Waals surface area contributed by atoms with E-state index < -0.39 is 6.04 Å². The van der Waals surface area contributed by atoms with Crippen molar-refractivity contribution in [2.45, 2.75) is 26.3 Å². The maximum atomic E-state index is 12.4. The number of amides is 1.